The zero-order chi connectivity index (χ0) is 18.2. The Morgan fingerprint density at radius 1 is 0.704 bits per heavy atom. The highest BCUT2D eigenvalue weighted by Crippen LogP contribution is 2.33. The second-order valence-corrected chi connectivity index (χ2v) is 6.43. The first kappa shape index (κ1) is 15.4. The van der Waals surface area contributed by atoms with Crippen molar-refractivity contribution in [1.29, 1.82) is 5.26 Å². The summed E-state index contributed by atoms with van der Waals surface area (Å²) in [6.07, 6.45) is 1.67. The van der Waals surface area contributed by atoms with Crippen LogP contribution in [0.1, 0.15) is 5.56 Å². The van der Waals surface area contributed by atoms with Gasteiger partial charge in [0.2, 0.25) is 0 Å². The second-order valence-electron chi connectivity index (χ2n) is 6.43. The van der Waals surface area contributed by atoms with Crippen molar-refractivity contribution >= 4 is 21.9 Å². The Bertz CT molecular complexity index is 1340. The second kappa shape index (κ2) is 6.12. The SMILES string of the molecule is N#Cc1ccnc(-c2cccc(-c3ccc4c(c3)oc3ccccc34)c2)c1. The van der Waals surface area contributed by atoms with Gasteiger partial charge < -0.3 is 4.42 Å². The van der Waals surface area contributed by atoms with Crippen molar-refractivity contribution in [3.63, 3.8) is 0 Å². The number of aromatic nitrogens is 1. The molecule has 0 radical (unpaired) electrons. The van der Waals surface area contributed by atoms with Crippen LogP contribution in [-0.4, -0.2) is 4.98 Å². The van der Waals surface area contributed by atoms with E-state index in [2.05, 4.69) is 47.5 Å². The molecular formula is C24H14N2O. The number of pyridine rings is 1. The largest absolute Gasteiger partial charge is 0.456 e. The maximum absolute atomic E-state index is 9.11. The Kier molecular flexibility index (Phi) is 3.48. The van der Waals surface area contributed by atoms with Gasteiger partial charge in [-0.2, -0.15) is 5.26 Å². The Balaban J connectivity index is 1.62. The van der Waals surface area contributed by atoms with Crippen LogP contribution in [0.3, 0.4) is 0 Å². The quantitative estimate of drug-likeness (QED) is 0.383. The highest BCUT2D eigenvalue weighted by Gasteiger charge is 2.09. The first-order valence-corrected chi connectivity index (χ1v) is 8.70. The maximum Gasteiger partial charge on any atom is 0.136 e. The summed E-state index contributed by atoms with van der Waals surface area (Å²) in [5.41, 5.74) is 6.32. The van der Waals surface area contributed by atoms with E-state index in [0.717, 1.165) is 44.3 Å². The summed E-state index contributed by atoms with van der Waals surface area (Å²) >= 11 is 0. The van der Waals surface area contributed by atoms with Crippen LogP contribution in [-0.2, 0) is 0 Å². The summed E-state index contributed by atoms with van der Waals surface area (Å²) in [4.78, 5) is 4.40. The molecule has 2 heterocycles. The van der Waals surface area contributed by atoms with Crippen LogP contribution in [0.4, 0.5) is 0 Å². The Morgan fingerprint density at radius 2 is 1.52 bits per heavy atom. The molecule has 0 N–H and O–H groups in total. The molecule has 0 atom stereocenters. The summed E-state index contributed by atoms with van der Waals surface area (Å²) < 4.78 is 6.01. The molecule has 3 aromatic carbocycles. The molecule has 0 bridgehead atoms. The van der Waals surface area contributed by atoms with Gasteiger partial charge in [-0.05, 0) is 47.5 Å². The molecular weight excluding hydrogens is 332 g/mol. The van der Waals surface area contributed by atoms with Crippen molar-refractivity contribution in [2.45, 2.75) is 0 Å². The molecule has 5 aromatic rings. The fourth-order valence-corrected chi connectivity index (χ4v) is 3.42. The number of hydrogen-bond donors (Lipinski definition) is 0. The van der Waals surface area contributed by atoms with Gasteiger partial charge in [-0.3, -0.25) is 4.98 Å². The van der Waals surface area contributed by atoms with Crippen LogP contribution in [0.2, 0.25) is 0 Å². The van der Waals surface area contributed by atoms with Gasteiger partial charge in [0.15, 0.2) is 0 Å². The fourth-order valence-electron chi connectivity index (χ4n) is 3.42. The molecule has 27 heavy (non-hydrogen) atoms. The number of nitrogens with zero attached hydrogens (tertiary/aromatic N) is 2. The standard InChI is InChI=1S/C24H14N2O/c25-15-16-10-11-26-22(12-16)19-5-3-4-17(13-19)18-8-9-21-20-6-1-2-7-23(20)27-24(21)14-18/h1-14H. The van der Waals surface area contributed by atoms with Crippen LogP contribution < -0.4 is 0 Å². The maximum atomic E-state index is 9.11. The smallest absolute Gasteiger partial charge is 0.136 e. The summed E-state index contributed by atoms with van der Waals surface area (Å²) in [7, 11) is 0. The van der Waals surface area contributed by atoms with E-state index in [-0.39, 0.29) is 0 Å². The van der Waals surface area contributed by atoms with Gasteiger partial charge in [0, 0.05) is 22.5 Å². The number of fused-ring (bicyclic) bond motifs is 3. The fraction of sp³-hybridized carbons (Fsp3) is 0. The summed E-state index contributed by atoms with van der Waals surface area (Å²) in [6, 6.07) is 28.2. The van der Waals surface area contributed by atoms with Crippen molar-refractivity contribution in [1.82, 2.24) is 4.98 Å². The van der Waals surface area contributed by atoms with Gasteiger partial charge in [0.25, 0.3) is 0 Å². The Hall–Kier alpha value is -3.90. The predicted octanol–water partition coefficient (Wildman–Crippen LogP) is 6.19. The van der Waals surface area contributed by atoms with Gasteiger partial charge in [-0.15, -0.1) is 0 Å². The highest BCUT2D eigenvalue weighted by atomic mass is 16.3. The topological polar surface area (TPSA) is 49.8 Å². The third-order valence-corrected chi connectivity index (χ3v) is 4.76. The summed E-state index contributed by atoms with van der Waals surface area (Å²) in [5.74, 6) is 0. The lowest BCUT2D eigenvalue weighted by atomic mass is 10.00. The van der Waals surface area contributed by atoms with E-state index in [1.54, 1.807) is 12.3 Å². The molecule has 0 unspecified atom stereocenters. The van der Waals surface area contributed by atoms with E-state index in [0.29, 0.717) is 5.56 Å². The van der Waals surface area contributed by atoms with Crippen LogP contribution in [0.5, 0.6) is 0 Å². The van der Waals surface area contributed by atoms with Crippen molar-refractivity contribution in [2.24, 2.45) is 0 Å². The monoisotopic (exact) mass is 346 g/mol. The van der Waals surface area contributed by atoms with Crippen LogP contribution in [0, 0.1) is 11.3 Å². The minimum absolute atomic E-state index is 0.606. The number of rotatable bonds is 2. The number of para-hydroxylation sites is 1. The van der Waals surface area contributed by atoms with Gasteiger partial charge in [0.1, 0.15) is 11.2 Å². The van der Waals surface area contributed by atoms with Crippen molar-refractivity contribution in [2.75, 3.05) is 0 Å². The van der Waals surface area contributed by atoms with E-state index >= 15 is 0 Å². The lowest BCUT2D eigenvalue weighted by Gasteiger charge is -2.06. The van der Waals surface area contributed by atoms with E-state index in [1.807, 2.05) is 36.4 Å². The molecule has 3 nitrogen and oxygen atoms in total. The molecule has 0 spiro atoms. The summed E-state index contributed by atoms with van der Waals surface area (Å²) in [6.45, 7) is 0. The van der Waals surface area contributed by atoms with Crippen LogP contribution in [0.25, 0.3) is 44.3 Å². The number of nitriles is 1. The van der Waals surface area contributed by atoms with Crippen LogP contribution in [0.15, 0.2) is 89.5 Å². The van der Waals surface area contributed by atoms with E-state index in [1.165, 1.54) is 0 Å². The van der Waals surface area contributed by atoms with Crippen LogP contribution >= 0.6 is 0 Å². The Labute approximate surface area is 156 Å². The first-order valence-electron chi connectivity index (χ1n) is 8.70. The van der Waals surface area contributed by atoms with Gasteiger partial charge in [-0.25, -0.2) is 0 Å². The zero-order valence-corrected chi connectivity index (χ0v) is 14.4. The average molecular weight is 346 g/mol. The predicted molar refractivity (Wildman–Crippen MR) is 107 cm³/mol. The molecule has 0 aliphatic heterocycles. The van der Waals surface area contributed by atoms with Crippen molar-refractivity contribution in [3.8, 4) is 28.5 Å². The summed E-state index contributed by atoms with van der Waals surface area (Å²) in [5, 5.41) is 11.4. The molecule has 0 aliphatic carbocycles. The van der Waals surface area contributed by atoms with E-state index in [4.69, 9.17) is 9.68 Å². The lowest BCUT2D eigenvalue weighted by molar-refractivity contribution is 0.669. The molecule has 0 saturated carbocycles. The molecule has 3 heteroatoms. The third-order valence-electron chi connectivity index (χ3n) is 4.76. The van der Waals surface area contributed by atoms with Gasteiger partial charge in [-0.1, -0.05) is 42.5 Å². The zero-order valence-electron chi connectivity index (χ0n) is 14.4. The lowest BCUT2D eigenvalue weighted by Crippen LogP contribution is -1.86. The number of furan rings is 1. The van der Waals surface area contributed by atoms with Gasteiger partial charge in [0.05, 0.1) is 17.3 Å². The number of benzene rings is 3. The minimum Gasteiger partial charge on any atom is -0.456 e. The normalized spacial score (nSPS) is 10.9. The third kappa shape index (κ3) is 2.65. The average Bonchev–Trinajstić information content (AvgIpc) is 3.11. The highest BCUT2D eigenvalue weighted by molar-refractivity contribution is 6.05. The van der Waals surface area contributed by atoms with Crippen molar-refractivity contribution in [3.05, 3.63) is 90.6 Å². The van der Waals surface area contributed by atoms with Gasteiger partial charge >= 0.3 is 0 Å². The molecule has 2 aromatic heterocycles. The molecule has 5 rings (SSSR count). The molecule has 126 valence electrons. The first-order chi connectivity index (χ1) is 13.3. The minimum atomic E-state index is 0.606. The van der Waals surface area contributed by atoms with Crippen molar-refractivity contribution < 1.29 is 4.42 Å². The number of hydrogen-bond acceptors (Lipinski definition) is 3. The van der Waals surface area contributed by atoms with E-state index in [9.17, 15) is 0 Å². The van der Waals surface area contributed by atoms with E-state index < -0.39 is 0 Å². The molecule has 0 saturated heterocycles. The molecule has 0 amide bonds. The molecule has 0 aliphatic rings. The Morgan fingerprint density at radius 3 is 2.44 bits per heavy atom. The molecule has 0 fully saturated rings.